The molecule has 0 unspecified atom stereocenters. The van der Waals surface area contributed by atoms with Crippen molar-refractivity contribution in [3.8, 4) is 11.5 Å². The van der Waals surface area contributed by atoms with Crippen LogP contribution in [0.5, 0.6) is 11.5 Å². The maximum Gasteiger partial charge on any atom is 0.195 e. The average molecular weight is 525 g/mol. The Morgan fingerprint density at radius 2 is 1.93 bits per heavy atom. The van der Waals surface area contributed by atoms with Crippen molar-refractivity contribution in [1.29, 1.82) is 0 Å². The van der Waals surface area contributed by atoms with Crippen molar-refractivity contribution in [3.05, 3.63) is 42.1 Å². The second-order valence-corrected chi connectivity index (χ2v) is 6.92. The van der Waals surface area contributed by atoms with Gasteiger partial charge in [-0.15, -0.1) is 24.0 Å². The van der Waals surface area contributed by atoms with Crippen LogP contribution in [0.1, 0.15) is 31.7 Å². The van der Waals surface area contributed by atoms with Gasteiger partial charge in [0.05, 0.1) is 13.7 Å². The third-order valence-corrected chi connectivity index (χ3v) is 4.90. The first-order valence-corrected chi connectivity index (χ1v) is 10.2. The highest BCUT2D eigenvalue weighted by Crippen LogP contribution is 2.30. The minimum Gasteiger partial charge on any atom is -0.493 e. The molecule has 1 saturated heterocycles. The maximum absolute atomic E-state index is 5.65. The minimum atomic E-state index is 0. The van der Waals surface area contributed by atoms with E-state index < -0.39 is 0 Å². The fourth-order valence-electron chi connectivity index (χ4n) is 3.39. The van der Waals surface area contributed by atoms with Crippen LogP contribution in [-0.2, 0) is 6.54 Å². The fourth-order valence-corrected chi connectivity index (χ4v) is 3.39. The zero-order valence-electron chi connectivity index (χ0n) is 18.0. The Bertz CT molecular complexity index is 825. The van der Waals surface area contributed by atoms with E-state index in [1.165, 1.54) is 24.8 Å². The first-order chi connectivity index (χ1) is 14.2. The van der Waals surface area contributed by atoms with Crippen molar-refractivity contribution in [3.63, 3.8) is 0 Å². The van der Waals surface area contributed by atoms with E-state index in [9.17, 15) is 0 Å². The Labute approximate surface area is 196 Å². The third kappa shape index (κ3) is 6.65. The number of aliphatic imine (C=N–C) groups is 1. The lowest BCUT2D eigenvalue weighted by Crippen LogP contribution is -2.31. The molecule has 0 bridgehead atoms. The molecular weight excluding hydrogens is 493 g/mol. The number of aromatic nitrogens is 1. The zero-order valence-corrected chi connectivity index (χ0v) is 20.3. The second-order valence-electron chi connectivity index (χ2n) is 6.92. The standard InChI is InChI=1S/C22H31N5O2.HI/c1-4-29-20-15-18(8-9-19(20)28-3)26-22(23-2)25-16-17-10-11-24-21(14-17)27-12-6-5-7-13-27;/h8-11,14-15H,4-7,12-13,16H2,1-3H3,(H2,23,25,26);1H. The van der Waals surface area contributed by atoms with Crippen molar-refractivity contribution < 1.29 is 9.47 Å². The van der Waals surface area contributed by atoms with Crippen molar-refractivity contribution in [2.24, 2.45) is 4.99 Å². The van der Waals surface area contributed by atoms with E-state index in [2.05, 4.69) is 31.6 Å². The molecule has 1 aromatic heterocycles. The summed E-state index contributed by atoms with van der Waals surface area (Å²) >= 11 is 0. The van der Waals surface area contributed by atoms with Gasteiger partial charge >= 0.3 is 0 Å². The molecule has 1 fully saturated rings. The molecule has 3 rings (SSSR count). The number of rotatable bonds is 7. The maximum atomic E-state index is 5.65. The minimum absolute atomic E-state index is 0. The average Bonchev–Trinajstić information content (AvgIpc) is 2.78. The van der Waals surface area contributed by atoms with Crippen LogP contribution in [0.2, 0.25) is 0 Å². The predicted octanol–water partition coefficient (Wildman–Crippen LogP) is 4.28. The first-order valence-electron chi connectivity index (χ1n) is 10.2. The smallest absolute Gasteiger partial charge is 0.195 e. The molecule has 164 valence electrons. The van der Waals surface area contributed by atoms with Crippen molar-refractivity contribution in [2.75, 3.05) is 44.1 Å². The van der Waals surface area contributed by atoms with Crippen molar-refractivity contribution in [2.45, 2.75) is 32.7 Å². The topological polar surface area (TPSA) is 71.0 Å². The van der Waals surface area contributed by atoms with E-state index in [4.69, 9.17) is 9.47 Å². The third-order valence-electron chi connectivity index (χ3n) is 4.90. The number of methoxy groups -OCH3 is 1. The first kappa shape index (κ1) is 24.0. The number of benzene rings is 1. The highest BCUT2D eigenvalue weighted by molar-refractivity contribution is 14.0. The Balaban J connectivity index is 0.00000320. The number of hydrogen-bond donors (Lipinski definition) is 2. The Hall–Kier alpha value is -2.23. The normalized spacial score (nSPS) is 14.0. The second kappa shape index (κ2) is 12.5. The van der Waals surface area contributed by atoms with Crippen LogP contribution in [0.4, 0.5) is 11.5 Å². The molecule has 2 heterocycles. The van der Waals surface area contributed by atoms with Crippen molar-refractivity contribution in [1.82, 2.24) is 10.3 Å². The molecule has 0 amide bonds. The molecule has 30 heavy (non-hydrogen) atoms. The zero-order chi connectivity index (χ0) is 20.5. The summed E-state index contributed by atoms with van der Waals surface area (Å²) in [5.41, 5.74) is 2.05. The molecule has 8 heteroatoms. The lowest BCUT2D eigenvalue weighted by atomic mass is 10.1. The SMILES string of the molecule is CCOc1cc(NC(=NC)NCc2ccnc(N3CCCCC3)c2)ccc1OC.I. The lowest BCUT2D eigenvalue weighted by molar-refractivity contribution is 0.311. The van der Waals surface area contributed by atoms with Crippen LogP contribution >= 0.6 is 24.0 Å². The van der Waals surface area contributed by atoms with Gasteiger partial charge in [-0.05, 0) is 56.0 Å². The molecule has 1 aromatic carbocycles. The van der Waals surface area contributed by atoms with E-state index in [1.807, 2.05) is 37.4 Å². The van der Waals surface area contributed by atoms with Gasteiger partial charge < -0.3 is 25.0 Å². The summed E-state index contributed by atoms with van der Waals surface area (Å²) in [6, 6.07) is 9.93. The van der Waals surface area contributed by atoms with E-state index in [0.717, 1.165) is 24.6 Å². The van der Waals surface area contributed by atoms with Gasteiger partial charge in [0.1, 0.15) is 5.82 Å². The fraction of sp³-hybridized carbons (Fsp3) is 0.455. The molecule has 1 aliphatic rings. The summed E-state index contributed by atoms with van der Waals surface area (Å²) in [6.07, 6.45) is 5.68. The van der Waals surface area contributed by atoms with Gasteiger partial charge in [-0.3, -0.25) is 4.99 Å². The molecule has 0 spiro atoms. The quantitative estimate of drug-likeness (QED) is 0.320. The Kier molecular flexibility index (Phi) is 9.99. The highest BCUT2D eigenvalue weighted by atomic mass is 127. The summed E-state index contributed by atoms with van der Waals surface area (Å²) in [5.74, 6) is 3.16. The number of nitrogens with zero attached hydrogens (tertiary/aromatic N) is 3. The summed E-state index contributed by atoms with van der Waals surface area (Å²) < 4.78 is 11.0. The molecular formula is C22H32IN5O2. The van der Waals surface area contributed by atoms with Crippen LogP contribution in [-0.4, -0.2) is 44.8 Å². The molecule has 0 radical (unpaired) electrons. The number of piperidine rings is 1. The van der Waals surface area contributed by atoms with Gasteiger partial charge in [-0.2, -0.15) is 0 Å². The van der Waals surface area contributed by atoms with Gasteiger partial charge in [0.25, 0.3) is 0 Å². The molecule has 2 N–H and O–H groups in total. The number of nitrogens with one attached hydrogen (secondary N) is 2. The largest absolute Gasteiger partial charge is 0.493 e. The number of pyridine rings is 1. The van der Waals surface area contributed by atoms with Crippen LogP contribution in [0.25, 0.3) is 0 Å². The van der Waals surface area contributed by atoms with E-state index in [-0.39, 0.29) is 24.0 Å². The monoisotopic (exact) mass is 525 g/mol. The molecule has 1 aliphatic heterocycles. The number of hydrogen-bond acceptors (Lipinski definition) is 5. The lowest BCUT2D eigenvalue weighted by Gasteiger charge is -2.28. The van der Waals surface area contributed by atoms with Crippen LogP contribution in [0.3, 0.4) is 0 Å². The van der Waals surface area contributed by atoms with Gasteiger partial charge in [0.2, 0.25) is 0 Å². The molecule has 0 aliphatic carbocycles. The Morgan fingerprint density at radius 1 is 1.13 bits per heavy atom. The molecule has 7 nitrogen and oxygen atoms in total. The molecule has 0 atom stereocenters. The van der Waals surface area contributed by atoms with Gasteiger partial charge in [-0.1, -0.05) is 0 Å². The molecule has 0 saturated carbocycles. The number of anilines is 2. The Morgan fingerprint density at radius 3 is 2.63 bits per heavy atom. The van der Waals surface area contributed by atoms with Crippen LogP contribution < -0.4 is 25.0 Å². The van der Waals surface area contributed by atoms with Gasteiger partial charge in [0.15, 0.2) is 17.5 Å². The number of ether oxygens (including phenoxy) is 2. The van der Waals surface area contributed by atoms with E-state index in [0.29, 0.717) is 30.6 Å². The highest BCUT2D eigenvalue weighted by Gasteiger charge is 2.12. The van der Waals surface area contributed by atoms with Gasteiger partial charge in [-0.25, -0.2) is 4.98 Å². The number of guanidine groups is 1. The van der Waals surface area contributed by atoms with E-state index in [1.54, 1.807) is 14.2 Å². The summed E-state index contributed by atoms with van der Waals surface area (Å²) in [4.78, 5) is 11.2. The van der Waals surface area contributed by atoms with Crippen molar-refractivity contribution >= 4 is 41.4 Å². The summed E-state index contributed by atoms with van der Waals surface area (Å²) in [5, 5.41) is 6.67. The van der Waals surface area contributed by atoms with Crippen LogP contribution in [0.15, 0.2) is 41.5 Å². The molecule has 2 aromatic rings. The number of halogens is 1. The summed E-state index contributed by atoms with van der Waals surface area (Å²) in [7, 11) is 3.40. The van der Waals surface area contributed by atoms with Crippen LogP contribution in [0, 0.1) is 0 Å². The van der Waals surface area contributed by atoms with E-state index >= 15 is 0 Å². The van der Waals surface area contributed by atoms with Gasteiger partial charge in [0, 0.05) is 44.6 Å². The summed E-state index contributed by atoms with van der Waals surface area (Å²) in [6.45, 7) is 5.37. The predicted molar refractivity (Wildman–Crippen MR) is 134 cm³/mol.